The molecule has 0 saturated heterocycles. The third-order valence-corrected chi connectivity index (χ3v) is 5.64. The minimum Gasteiger partial charge on any atom is -0.465 e. The molecule has 0 aliphatic carbocycles. The average molecular weight is 380 g/mol. The van der Waals surface area contributed by atoms with Crippen LogP contribution < -0.4 is 4.90 Å². The molecule has 1 atom stereocenters. The lowest BCUT2D eigenvalue weighted by Gasteiger charge is -2.32. The van der Waals surface area contributed by atoms with Crippen LogP contribution in [-0.2, 0) is 5.41 Å². The quantitative estimate of drug-likeness (QED) is 0.769. The van der Waals surface area contributed by atoms with Gasteiger partial charge in [-0.05, 0) is 40.9 Å². The van der Waals surface area contributed by atoms with E-state index in [1.807, 2.05) is 12.1 Å². The molecule has 25 heavy (non-hydrogen) atoms. The van der Waals surface area contributed by atoms with Gasteiger partial charge in [0.05, 0.1) is 17.4 Å². The summed E-state index contributed by atoms with van der Waals surface area (Å²) in [5.74, 6) is 0. The zero-order valence-electron chi connectivity index (χ0n) is 14.6. The predicted molar refractivity (Wildman–Crippen MR) is 102 cm³/mol. The summed E-state index contributed by atoms with van der Waals surface area (Å²) < 4.78 is 0. The topological polar surface area (TPSA) is 56.7 Å². The molecule has 134 valence electrons. The van der Waals surface area contributed by atoms with Gasteiger partial charge in [0.2, 0.25) is 0 Å². The van der Waals surface area contributed by atoms with Crippen LogP contribution in [0.2, 0.25) is 5.15 Å². The molecule has 0 radical (unpaired) electrons. The Kier molecular flexibility index (Phi) is 4.93. The molecule has 3 rings (SSSR count). The van der Waals surface area contributed by atoms with E-state index in [1.165, 1.54) is 10.5 Å². The van der Waals surface area contributed by atoms with E-state index in [9.17, 15) is 4.79 Å². The number of rotatable bonds is 5. The van der Waals surface area contributed by atoms with E-state index in [-0.39, 0.29) is 11.5 Å². The van der Waals surface area contributed by atoms with Gasteiger partial charge in [0, 0.05) is 25.6 Å². The number of hydrogen-bond donors (Lipinski definition) is 1. The molecule has 0 saturated carbocycles. The van der Waals surface area contributed by atoms with Crippen LogP contribution in [0.5, 0.6) is 0 Å². The number of nitrogens with zero attached hydrogens (tertiary/aromatic N) is 3. The molecular weight excluding hydrogens is 358 g/mol. The maximum atomic E-state index is 11.1. The maximum Gasteiger partial charge on any atom is 0.407 e. The Morgan fingerprint density at radius 2 is 2.24 bits per heavy atom. The van der Waals surface area contributed by atoms with Gasteiger partial charge >= 0.3 is 6.09 Å². The van der Waals surface area contributed by atoms with Crippen LogP contribution in [-0.4, -0.2) is 41.2 Å². The van der Waals surface area contributed by atoms with Crippen LogP contribution in [0.4, 0.5) is 10.5 Å². The number of anilines is 1. The van der Waals surface area contributed by atoms with Crippen LogP contribution in [0, 0.1) is 0 Å². The normalized spacial score (nSPS) is 16.6. The molecule has 2 aromatic rings. The number of aromatic nitrogens is 1. The lowest BCUT2D eigenvalue weighted by molar-refractivity contribution is 0.154. The third-order valence-electron chi connectivity index (χ3n) is 4.72. The average Bonchev–Trinajstić information content (AvgIpc) is 3.15. The summed E-state index contributed by atoms with van der Waals surface area (Å²) in [6, 6.07) is 6.07. The van der Waals surface area contributed by atoms with E-state index in [1.54, 1.807) is 18.4 Å². The van der Waals surface area contributed by atoms with Crippen molar-refractivity contribution in [2.75, 3.05) is 25.0 Å². The van der Waals surface area contributed by atoms with Gasteiger partial charge in [-0.1, -0.05) is 25.4 Å². The van der Waals surface area contributed by atoms with Crippen LogP contribution in [0.3, 0.4) is 0 Å². The molecular formula is C18H22ClN3O2S. The van der Waals surface area contributed by atoms with E-state index >= 15 is 0 Å². The highest BCUT2D eigenvalue weighted by Crippen LogP contribution is 2.45. The molecule has 1 aliphatic rings. The summed E-state index contributed by atoms with van der Waals surface area (Å²) in [6.45, 7) is 5.64. The van der Waals surface area contributed by atoms with Crippen molar-refractivity contribution in [3.8, 4) is 0 Å². The predicted octanol–water partition coefficient (Wildman–Crippen LogP) is 4.64. The van der Waals surface area contributed by atoms with E-state index in [0.29, 0.717) is 11.7 Å². The van der Waals surface area contributed by atoms with E-state index in [4.69, 9.17) is 16.7 Å². The minimum atomic E-state index is -0.903. The number of carboxylic acid groups (broad SMARTS) is 1. The number of hydrogen-bond acceptors (Lipinski definition) is 4. The Labute approximate surface area is 156 Å². The Morgan fingerprint density at radius 1 is 1.48 bits per heavy atom. The molecule has 0 spiro atoms. The maximum absolute atomic E-state index is 11.1. The summed E-state index contributed by atoms with van der Waals surface area (Å²) in [5, 5.41) is 13.9. The number of pyridine rings is 1. The van der Waals surface area contributed by atoms with E-state index in [2.05, 4.69) is 40.6 Å². The highest BCUT2D eigenvalue weighted by atomic mass is 35.5. The molecule has 0 fully saturated rings. The van der Waals surface area contributed by atoms with Crippen molar-refractivity contribution < 1.29 is 9.90 Å². The highest BCUT2D eigenvalue weighted by molar-refractivity contribution is 7.08. The second-order valence-electron chi connectivity index (χ2n) is 7.08. The van der Waals surface area contributed by atoms with Gasteiger partial charge in [0.1, 0.15) is 5.15 Å². The molecule has 5 nitrogen and oxygen atoms in total. The fourth-order valence-corrected chi connectivity index (χ4v) is 4.25. The number of thiophene rings is 1. The van der Waals surface area contributed by atoms with E-state index in [0.717, 1.165) is 24.3 Å². The largest absolute Gasteiger partial charge is 0.465 e. The molecule has 1 amide bonds. The van der Waals surface area contributed by atoms with Crippen molar-refractivity contribution >= 4 is 34.7 Å². The third kappa shape index (κ3) is 3.60. The van der Waals surface area contributed by atoms with Crippen LogP contribution in [0.15, 0.2) is 29.0 Å². The van der Waals surface area contributed by atoms with Gasteiger partial charge in [-0.15, -0.1) is 0 Å². The van der Waals surface area contributed by atoms with E-state index < -0.39 is 6.09 Å². The van der Waals surface area contributed by atoms with Crippen molar-refractivity contribution in [2.24, 2.45) is 0 Å². The van der Waals surface area contributed by atoms with Gasteiger partial charge in [0.25, 0.3) is 0 Å². The highest BCUT2D eigenvalue weighted by Gasteiger charge is 2.40. The fourth-order valence-electron chi connectivity index (χ4n) is 3.40. The number of halogens is 1. The molecule has 2 aromatic heterocycles. The summed E-state index contributed by atoms with van der Waals surface area (Å²) in [6.07, 6.45) is -0.183. The standard InChI is InChI=1S/C18H22ClN3O2S/c1-18(2)11-22(14-4-5-15(19)20-16(14)18)13(12-7-9-25-10-12)6-8-21(3)17(23)24/h4-5,7,9-10,13H,6,8,11H2,1-3H3,(H,23,24). The van der Waals surface area contributed by atoms with Gasteiger partial charge in [-0.25, -0.2) is 9.78 Å². The zero-order valence-corrected chi connectivity index (χ0v) is 16.1. The summed E-state index contributed by atoms with van der Waals surface area (Å²) >= 11 is 7.77. The monoisotopic (exact) mass is 379 g/mol. The van der Waals surface area contributed by atoms with Crippen molar-refractivity contribution in [1.82, 2.24) is 9.88 Å². The summed E-state index contributed by atoms with van der Waals surface area (Å²) in [4.78, 5) is 19.4. The van der Waals surface area contributed by atoms with Crippen LogP contribution >= 0.6 is 22.9 Å². The second kappa shape index (κ2) is 6.84. The smallest absolute Gasteiger partial charge is 0.407 e. The Balaban J connectivity index is 1.94. The summed E-state index contributed by atoms with van der Waals surface area (Å²) in [5.41, 5.74) is 3.20. The van der Waals surface area contributed by atoms with Gasteiger partial charge in [-0.3, -0.25) is 0 Å². The number of fused-ring (bicyclic) bond motifs is 1. The lowest BCUT2D eigenvalue weighted by atomic mass is 9.91. The van der Waals surface area contributed by atoms with Crippen molar-refractivity contribution in [1.29, 1.82) is 0 Å². The first-order chi connectivity index (χ1) is 11.8. The van der Waals surface area contributed by atoms with Crippen LogP contribution in [0.1, 0.15) is 37.6 Å². The molecule has 0 bridgehead atoms. The Bertz CT molecular complexity index is 764. The minimum absolute atomic E-state index is 0.104. The Morgan fingerprint density at radius 3 is 2.88 bits per heavy atom. The number of amides is 1. The zero-order chi connectivity index (χ0) is 18.2. The second-order valence-corrected chi connectivity index (χ2v) is 8.25. The molecule has 3 heterocycles. The molecule has 1 N–H and O–H groups in total. The van der Waals surface area contributed by atoms with Gasteiger partial charge in [-0.2, -0.15) is 11.3 Å². The lowest BCUT2D eigenvalue weighted by Crippen LogP contribution is -2.35. The van der Waals surface area contributed by atoms with Crippen LogP contribution in [0.25, 0.3) is 0 Å². The van der Waals surface area contributed by atoms with Crippen molar-refractivity contribution in [3.05, 3.63) is 45.4 Å². The molecule has 1 aliphatic heterocycles. The Hall–Kier alpha value is -1.79. The SMILES string of the molecule is CN(CCC(c1ccsc1)N1CC(C)(C)c2nc(Cl)ccc21)C(=O)O. The number of carbonyl (C=O) groups is 1. The molecule has 7 heteroatoms. The fraction of sp³-hybridized carbons (Fsp3) is 0.444. The van der Waals surface area contributed by atoms with Gasteiger partial charge < -0.3 is 14.9 Å². The van der Waals surface area contributed by atoms with Crippen molar-refractivity contribution in [3.63, 3.8) is 0 Å². The first-order valence-electron chi connectivity index (χ1n) is 8.19. The summed E-state index contributed by atoms with van der Waals surface area (Å²) in [7, 11) is 1.61. The molecule has 1 unspecified atom stereocenters. The van der Waals surface area contributed by atoms with Gasteiger partial charge in [0.15, 0.2) is 0 Å². The van der Waals surface area contributed by atoms with Crippen molar-refractivity contribution in [2.45, 2.75) is 31.7 Å². The first kappa shape index (κ1) is 18.0. The molecule has 0 aromatic carbocycles. The first-order valence-corrected chi connectivity index (χ1v) is 9.51.